The first-order valence-electron chi connectivity index (χ1n) is 6.12. The molecular formula is C13H20FN3. The van der Waals surface area contributed by atoms with Crippen molar-refractivity contribution in [2.24, 2.45) is 0 Å². The van der Waals surface area contributed by atoms with Gasteiger partial charge in [-0.25, -0.2) is 4.39 Å². The molecule has 0 aliphatic carbocycles. The molecule has 1 aliphatic heterocycles. The SMILES string of the molecule is CC(C)N1CCN(c2c(N)cccc2F)CC1. The molecule has 3 nitrogen and oxygen atoms in total. The molecule has 94 valence electrons. The van der Waals surface area contributed by atoms with Gasteiger partial charge in [0.25, 0.3) is 0 Å². The summed E-state index contributed by atoms with van der Waals surface area (Å²) >= 11 is 0. The van der Waals surface area contributed by atoms with Crippen molar-refractivity contribution in [1.82, 2.24) is 4.90 Å². The smallest absolute Gasteiger partial charge is 0.148 e. The van der Waals surface area contributed by atoms with Crippen LogP contribution in [0.3, 0.4) is 0 Å². The summed E-state index contributed by atoms with van der Waals surface area (Å²) in [6.07, 6.45) is 0. The molecule has 0 aromatic heterocycles. The Balaban J connectivity index is 2.11. The summed E-state index contributed by atoms with van der Waals surface area (Å²) in [6.45, 7) is 7.98. The molecule has 1 aromatic carbocycles. The monoisotopic (exact) mass is 237 g/mol. The Labute approximate surface area is 102 Å². The van der Waals surface area contributed by atoms with Crippen LogP contribution in [-0.4, -0.2) is 37.1 Å². The number of hydrogen-bond acceptors (Lipinski definition) is 3. The molecule has 0 unspecified atom stereocenters. The van der Waals surface area contributed by atoms with Gasteiger partial charge < -0.3 is 10.6 Å². The molecule has 1 aromatic rings. The molecule has 1 heterocycles. The molecule has 0 atom stereocenters. The molecular weight excluding hydrogens is 217 g/mol. The van der Waals surface area contributed by atoms with Crippen molar-refractivity contribution in [3.8, 4) is 0 Å². The van der Waals surface area contributed by atoms with Crippen LogP contribution in [0.2, 0.25) is 0 Å². The summed E-state index contributed by atoms with van der Waals surface area (Å²) in [5, 5.41) is 0. The van der Waals surface area contributed by atoms with E-state index in [0.717, 1.165) is 26.2 Å². The van der Waals surface area contributed by atoms with Crippen molar-refractivity contribution in [2.45, 2.75) is 19.9 Å². The van der Waals surface area contributed by atoms with Crippen LogP contribution in [0.4, 0.5) is 15.8 Å². The zero-order chi connectivity index (χ0) is 12.4. The fourth-order valence-electron chi connectivity index (χ4n) is 2.33. The van der Waals surface area contributed by atoms with E-state index in [1.807, 2.05) is 4.90 Å². The van der Waals surface area contributed by atoms with E-state index < -0.39 is 0 Å². The third-order valence-electron chi connectivity index (χ3n) is 3.38. The van der Waals surface area contributed by atoms with Crippen LogP contribution in [0.15, 0.2) is 18.2 Å². The van der Waals surface area contributed by atoms with Gasteiger partial charge in [-0.3, -0.25) is 4.90 Å². The summed E-state index contributed by atoms with van der Waals surface area (Å²) in [6, 6.07) is 5.43. The number of rotatable bonds is 2. The third kappa shape index (κ3) is 2.52. The first-order chi connectivity index (χ1) is 8.09. The predicted octanol–water partition coefficient (Wildman–Crippen LogP) is 1.94. The fraction of sp³-hybridized carbons (Fsp3) is 0.538. The van der Waals surface area contributed by atoms with Gasteiger partial charge in [-0.05, 0) is 26.0 Å². The highest BCUT2D eigenvalue weighted by Crippen LogP contribution is 2.27. The Morgan fingerprint density at radius 3 is 2.35 bits per heavy atom. The standard InChI is InChI=1S/C13H20FN3/c1-10(2)16-6-8-17(9-7-16)13-11(14)4-3-5-12(13)15/h3-5,10H,6-9,15H2,1-2H3. The lowest BCUT2D eigenvalue weighted by Crippen LogP contribution is -2.49. The van der Waals surface area contributed by atoms with Gasteiger partial charge in [0, 0.05) is 32.2 Å². The van der Waals surface area contributed by atoms with Gasteiger partial charge >= 0.3 is 0 Å². The molecule has 1 fully saturated rings. The molecule has 0 bridgehead atoms. The Morgan fingerprint density at radius 2 is 1.82 bits per heavy atom. The molecule has 2 rings (SSSR count). The van der Waals surface area contributed by atoms with Crippen LogP contribution in [0.1, 0.15) is 13.8 Å². The Kier molecular flexibility index (Phi) is 3.52. The van der Waals surface area contributed by atoms with Crippen LogP contribution < -0.4 is 10.6 Å². The second-order valence-corrected chi connectivity index (χ2v) is 4.79. The number of anilines is 2. The number of hydrogen-bond donors (Lipinski definition) is 1. The average Bonchev–Trinajstić information content (AvgIpc) is 2.29. The van der Waals surface area contributed by atoms with Crippen LogP contribution in [-0.2, 0) is 0 Å². The molecule has 0 saturated carbocycles. The summed E-state index contributed by atoms with van der Waals surface area (Å²) in [4.78, 5) is 4.44. The lowest BCUT2D eigenvalue weighted by Gasteiger charge is -2.38. The average molecular weight is 237 g/mol. The maximum Gasteiger partial charge on any atom is 0.148 e. The quantitative estimate of drug-likeness (QED) is 0.798. The Morgan fingerprint density at radius 1 is 1.18 bits per heavy atom. The minimum atomic E-state index is -0.219. The minimum Gasteiger partial charge on any atom is -0.397 e. The van der Waals surface area contributed by atoms with Crippen molar-refractivity contribution in [2.75, 3.05) is 36.8 Å². The van der Waals surface area contributed by atoms with Crippen LogP contribution in [0.5, 0.6) is 0 Å². The Hall–Kier alpha value is -1.29. The molecule has 0 spiro atoms. The topological polar surface area (TPSA) is 32.5 Å². The minimum absolute atomic E-state index is 0.219. The maximum atomic E-state index is 13.8. The van der Waals surface area contributed by atoms with E-state index >= 15 is 0 Å². The first-order valence-corrected chi connectivity index (χ1v) is 6.12. The lowest BCUT2D eigenvalue weighted by atomic mass is 10.2. The Bertz CT molecular complexity index is 364. The summed E-state index contributed by atoms with van der Waals surface area (Å²) < 4.78 is 13.8. The zero-order valence-corrected chi connectivity index (χ0v) is 10.5. The van der Waals surface area contributed by atoms with Gasteiger partial charge in [0.2, 0.25) is 0 Å². The van der Waals surface area contributed by atoms with E-state index in [2.05, 4.69) is 18.7 Å². The molecule has 0 amide bonds. The summed E-state index contributed by atoms with van der Waals surface area (Å²) in [5.41, 5.74) is 6.95. The van der Waals surface area contributed by atoms with Gasteiger partial charge in [-0.2, -0.15) is 0 Å². The van der Waals surface area contributed by atoms with Crippen LogP contribution in [0.25, 0.3) is 0 Å². The number of piperazine rings is 1. The molecule has 2 N–H and O–H groups in total. The number of nitrogen functional groups attached to an aromatic ring is 1. The molecule has 1 aliphatic rings. The normalized spacial score (nSPS) is 17.8. The molecule has 1 saturated heterocycles. The number of benzene rings is 1. The largest absolute Gasteiger partial charge is 0.397 e. The second-order valence-electron chi connectivity index (χ2n) is 4.79. The zero-order valence-electron chi connectivity index (χ0n) is 10.5. The third-order valence-corrected chi connectivity index (χ3v) is 3.38. The number of nitrogens with two attached hydrogens (primary N) is 1. The fourth-order valence-corrected chi connectivity index (χ4v) is 2.33. The second kappa shape index (κ2) is 4.92. The summed E-state index contributed by atoms with van der Waals surface area (Å²) in [5.74, 6) is -0.219. The predicted molar refractivity (Wildman–Crippen MR) is 69.7 cm³/mol. The van der Waals surface area contributed by atoms with E-state index in [4.69, 9.17) is 5.73 Å². The molecule has 4 heteroatoms. The highest BCUT2D eigenvalue weighted by Gasteiger charge is 2.22. The van der Waals surface area contributed by atoms with Crippen LogP contribution >= 0.6 is 0 Å². The van der Waals surface area contributed by atoms with Crippen LogP contribution in [0, 0.1) is 5.82 Å². The van der Waals surface area contributed by atoms with Gasteiger partial charge in [0.1, 0.15) is 5.82 Å². The highest BCUT2D eigenvalue weighted by atomic mass is 19.1. The number of para-hydroxylation sites is 1. The first kappa shape index (κ1) is 12.2. The number of nitrogens with zero attached hydrogens (tertiary/aromatic N) is 2. The highest BCUT2D eigenvalue weighted by molar-refractivity contribution is 5.68. The molecule has 0 radical (unpaired) electrons. The van der Waals surface area contributed by atoms with E-state index in [1.54, 1.807) is 12.1 Å². The van der Waals surface area contributed by atoms with Crippen molar-refractivity contribution in [3.05, 3.63) is 24.0 Å². The van der Waals surface area contributed by atoms with Gasteiger partial charge in [0.05, 0.1) is 11.4 Å². The van der Waals surface area contributed by atoms with Crippen molar-refractivity contribution < 1.29 is 4.39 Å². The maximum absolute atomic E-state index is 13.8. The summed E-state index contributed by atoms with van der Waals surface area (Å²) in [7, 11) is 0. The van der Waals surface area contributed by atoms with Gasteiger partial charge in [0.15, 0.2) is 0 Å². The van der Waals surface area contributed by atoms with E-state index in [0.29, 0.717) is 17.4 Å². The van der Waals surface area contributed by atoms with Crippen molar-refractivity contribution in [3.63, 3.8) is 0 Å². The van der Waals surface area contributed by atoms with Crippen molar-refractivity contribution in [1.29, 1.82) is 0 Å². The van der Waals surface area contributed by atoms with Gasteiger partial charge in [-0.1, -0.05) is 6.07 Å². The van der Waals surface area contributed by atoms with E-state index in [-0.39, 0.29) is 5.82 Å². The molecule has 17 heavy (non-hydrogen) atoms. The van der Waals surface area contributed by atoms with Crippen molar-refractivity contribution >= 4 is 11.4 Å². The van der Waals surface area contributed by atoms with E-state index in [1.165, 1.54) is 6.07 Å². The van der Waals surface area contributed by atoms with E-state index in [9.17, 15) is 4.39 Å². The lowest BCUT2D eigenvalue weighted by molar-refractivity contribution is 0.209. The van der Waals surface area contributed by atoms with Gasteiger partial charge in [-0.15, -0.1) is 0 Å². The number of halogens is 1.